The highest BCUT2D eigenvalue weighted by Crippen LogP contribution is 2.34. The van der Waals surface area contributed by atoms with Crippen molar-refractivity contribution in [1.29, 1.82) is 0 Å². The number of nitrogens with one attached hydrogen (secondary N) is 2. The van der Waals surface area contributed by atoms with Gasteiger partial charge in [-0.25, -0.2) is 4.39 Å². The van der Waals surface area contributed by atoms with Gasteiger partial charge in [0.15, 0.2) is 5.11 Å². The Bertz CT molecular complexity index is 588. The second kappa shape index (κ2) is 6.83. The van der Waals surface area contributed by atoms with Gasteiger partial charge in [0, 0.05) is 31.6 Å². The van der Waals surface area contributed by atoms with Crippen LogP contribution in [0, 0.1) is 11.7 Å². The average molecular weight is 335 g/mol. The van der Waals surface area contributed by atoms with Gasteiger partial charge < -0.3 is 15.5 Å². The van der Waals surface area contributed by atoms with E-state index in [-0.39, 0.29) is 23.6 Å². The zero-order valence-electron chi connectivity index (χ0n) is 13.2. The molecule has 1 saturated carbocycles. The van der Waals surface area contributed by atoms with Crippen LogP contribution in [0.25, 0.3) is 0 Å². The highest BCUT2D eigenvalue weighted by molar-refractivity contribution is 7.80. The first-order chi connectivity index (χ1) is 11.1. The first kappa shape index (κ1) is 16.2. The maximum absolute atomic E-state index is 13.2. The number of carbonyl (C=O) groups excluding carboxylic acids is 1. The number of nitrogens with zero attached hydrogens (tertiary/aromatic N) is 1. The Morgan fingerprint density at radius 1 is 1.30 bits per heavy atom. The fraction of sp³-hybridized carbons (Fsp3) is 0.529. The van der Waals surface area contributed by atoms with Crippen molar-refractivity contribution in [3.05, 3.63) is 35.6 Å². The summed E-state index contributed by atoms with van der Waals surface area (Å²) < 4.78 is 13.2. The number of halogens is 1. The van der Waals surface area contributed by atoms with E-state index in [1.807, 2.05) is 11.8 Å². The molecule has 1 aliphatic carbocycles. The molecule has 2 N–H and O–H groups in total. The molecule has 1 amide bonds. The molecule has 0 aromatic heterocycles. The third-order valence-electron chi connectivity index (χ3n) is 4.49. The van der Waals surface area contributed by atoms with Crippen LogP contribution in [0.2, 0.25) is 0 Å². The number of carbonyl (C=O) groups is 1. The Morgan fingerprint density at radius 3 is 2.61 bits per heavy atom. The Balaban J connectivity index is 1.78. The molecular formula is C17H22FN3OS. The minimum Gasteiger partial charge on any atom is -0.363 e. The van der Waals surface area contributed by atoms with Gasteiger partial charge >= 0.3 is 0 Å². The summed E-state index contributed by atoms with van der Waals surface area (Å²) in [6.45, 7) is 4.04. The molecule has 2 atom stereocenters. The molecule has 1 aromatic carbocycles. The van der Waals surface area contributed by atoms with Crippen LogP contribution in [0.5, 0.6) is 0 Å². The first-order valence-corrected chi connectivity index (χ1v) is 8.58. The molecular weight excluding hydrogens is 313 g/mol. The van der Waals surface area contributed by atoms with Gasteiger partial charge in [0.25, 0.3) is 0 Å². The van der Waals surface area contributed by atoms with Crippen molar-refractivity contribution >= 4 is 23.2 Å². The Hall–Kier alpha value is -1.69. The molecule has 124 valence electrons. The molecule has 23 heavy (non-hydrogen) atoms. The van der Waals surface area contributed by atoms with E-state index in [2.05, 4.69) is 10.6 Å². The Morgan fingerprint density at radius 2 is 2.00 bits per heavy atom. The second-order valence-corrected chi connectivity index (χ2v) is 6.67. The summed E-state index contributed by atoms with van der Waals surface area (Å²) in [4.78, 5) is 14.6. The van der Waals surface area contributed by atoms with Crippen molar-refractivity contribution in [3.8, 4) is 0 Å². The molecule has 0 unspecified atom stereocenters. The van der Waals surface area contributed by atoms with Crippen LogP contribution in [0.1, 0.15) is 31.2 Å². The van der Waals surface area contributed by atoms with Crippen molar-refractivity contribution in [3.63, 3.8) is 0 Å². The fourth-order valence-electron chi connectivity index (χ4n) is 3.08. The third kappa shape index (κ3) is 3.80. The highest BCUT2D eigenvalue weighted by Gasteiger charge is 2.40. The Kier molecular flexibility index (Phi) is 4.80. The predicted octanol–water partition coefficient (Wildman–Crippen LogP) is 2.01. The third-order valence-corrected chi connectivity index (χ3v) is 4.90. The minimum absolute atomic E-state index is 0.0333. The SMILES string of the molecule is CCNC(=S)N1C[C@H](c2ccc(F)cc2)[C@H](C(=O)NC2CC2)C1. The van der Waals surface area contributed by atoms with Crippen LogP contribution in [-0.2, 0) is 4.79 Å². The van der Waals surface area contributed by atoms with Gasteiger partial charge in [-0.1, -0.05) is 12.1 Å². The van der Waals surface area contributed by atoms with Crippen molar-refractivity contribution in [1.82, 2.24) is 15.5 Å². The summed E-state index contributed by atoms with van der Waals surface area (Å²) >= 11 is 5.40. The van der Waals surface area contributed by atoms with Gasteiger partial charge in [0.1, 0.15) is 5.82 Å². The summed E-state index contributed by atoms with van der Waals surface area (Å²) in [5.74, 6) is -0.294. The average Bonchev–Trinajstić information content (AvgIpc) is 3.23. The zero-order valence-corrected chi connectivity index (χ0v) is 14.0. The van der Waals surface area contributed by atoms with E-state index in [9.17, 15) is 9.18 Å². The second-order valence-electron chi connectivity index (χ2n) is 6.29. The lowest BCUT2D eigenvalue weighted by Gasteiger charge is -2.19. The van der Waals surface area contributed by atoms with E-state index >= 15 is 0 Å². The van der Waals surface area contributed by atoms with E-state index < -0.39 is 0 Å². The molecule has 2 aliphatic rings. The molecule has 1 heterocycles. The molecule has 0 radical (unpaired) electrons. The van der Waals surface area contributed by atoms with Crippen LogP contribution in [0.4, 0.5) is 4.39 Å². The number of amides is 1. The first-order valence-electron chi connectivity index (χ1n) is 8.17. The van der Waals surface area contributed by atoms with Gasteiger partial charge in [-0.15, -0.1) is 0 Å². The summed E-state index contributed by atoms with van der Waals surface area (Å²) in [5, 5.41) is 6.92. The van der Waals surface area contributed by atoms with Crippen molar-refractivity contribution in [2.24, 2.45) is 5.92 Å². The highest BCUT2D eigenvalue weighted by atomic mass is 32.1. The van der Waals surface area contributed by atoms with E-state index in [0.717, 1.165) is 24.9 Å². The van der Waals surface area contributed by atoms with Crippen LogP contribution in [0.3, 0.4) is 0 Å². The molecule has 0 bridgehead atoms. The monoisotopic (exact) mass is 335 g/mol. The van der Waals surface area contributed by atoms with Crippen molar-refractivity contribution in [2.45, 2.75) is 31.7 Å². The number of thiocarbonyl (C=S) groups is 1. The molecule has 2 fully saturated rings. The maximum atomic E-state index is 13.2. The molecule has 4 nitrogen and oxygen atoms in total. The number of benzene rings is 1. The zero-order chi connectivity index (χ0) is 16.4. The van der Waals surface area contributed by atoms with Gasteiger partial charge in [-0.05, 0) is 49.7 Å². The lowest BCUT2D eigenvalue weighted by Crippen LogP contribution is -2.40. The topological polar surface area (TPSA) is 44.4 Å². The molecule has 1 aromatic rings. The Labute approximate surface area is 141 Å². The normalized spacial score (nSPS) is 23.7. The van der Waals surface area contributed by atoms with E-state index in [4.69, 9.17) is 12.2 Å². The van der Waals surface area contributed by atoms with Gasteiger partial charge in [0.2, 0.25) is 5.91 Å². The number of hydrogen-bond donors (Lipinski definition) is 2. The summed E-state index contributed by atoms with van der Waals surface area (Å²) in [6.07, 6.45) is 2.14. The summed E-state index contributed by atoms with van der Waals surface area (Å²) in [7, 11) is 0. The summed E-state index contributed by atoms with van der Waals surface area (Å²) in [6, 6.07) is 6.80. The van der Waals surface area contributed by atoms with E-state index in [1.165, 1.54) is 12.1 Å². The van der Waals surface area contributed by atoms with Crippen LogP contribution < -0.4 is 10.6 Å². The maximum Gasteiger partial charge on any atom is 0.225 e. The predicted molar refractivity (Wildman–Crippen MR) is 91.6 cm³/mol. The fourth-order valence-corrected chi connectivity index (χ4v) is 3.38. The molecule has 0 spiro atoms. The van der Waals surface area contributed by atoms with E-state index in [1.54, 1.807) is 12.1 Å². The van der Waals surface area contributed by atoms with Crippen LogP contribution >= 0.6 is 12.2 Å². The van der Waals surface area contributed by atoms with Crippen LogP contribution in [0.15, 0.2) is 24.3 Å². The van der Waals surface area contributed by atoms with Gasteiger partial charge in [-0.3, -0.25) is 4.79 Å². The summed E-state index contributed by atoms with van der Waals surface area (Å²) in [5.41, 5.74) is 0.990. The number of likely N-dealkylation sites (tertiary alicyclic amines) is 1. The quantitative estimate of drug-likeness (QED) is 0.827. The molecule has 1 saturated heterocycles. The molecule has 3 rings (SSSR count). The molecule has 6 heteroatoms. The largest absolute Gasteiger partial charge is 0.363 e. The smallest absolute Gasteiger partial charge is 0.225 e. The van der Waals surface area contributed by atoms with E-state index in [0.29, 0.717) is 24.2 Å². The molecule has 1 aliphatic heterocycles. The number of hydrogen-bond acceptors (Lipinski definition) is 2. The van der Waals surface area contributed by atoms with Crippen molar-refractivity contribution < 1.29 is 9.18 Å². The van der Waals surface area contributed by atoms with Gasteiger partial charge in [-0.2, -0.15) is 0 Å². The van der Waals surface area contributed by atoms with Crippen LogP contribution in [-0.4, -0.2) is 41.6 Å². The van der Waals surface area contributed by atoms with Gasteiger partial charge in [0.05, 0.1) is 5.92 Å². The lowest BCUT2D eigenvalue weighted by atomic mass is 9.88. The van der Waals surface area contributed by atoms with Crippen molar-refractivity contribution in [2.75, 3.05) is 19.6 Å². The lowest BCUT2D eigenvalue weighted by molar-refractivity contribution is -0.125. The standard InChI is InChI=1S/C17H22FN3OS/c1-2-19-17(23)21-9-14(11-3-5-12(18)6-4-11)15(10-21)16(22)20-13-7-8-13/h3-6,13-15H,2,7-10H2,1H3,(H,19,23)(H,20,22)/t14-,15-/m1/s1. The minimum atomic E-state index is -0.259. The number of rotatable bonds is 4.